The van der Waals surface area contributed by atoms with Gasteiger partial charge in [0.15, 0.2) is 0 Å². The van der Waals surface area contributed by atoms with Crippen LogP contribution in [0.5, 0.6) is 0 Å². The fourth-order valence-electron chi connectivity index (χ4n) is 2.05. The van der Waals surface area contributed by atoms with E-state index in [1.54, 1.807) is 54.6 Å². The maximum absolute atomic E-state index is 12.3. The zero-order valence-electron chi connectivity index (χ0n) is 13.6. The number of nitrogens with two attached hydrogens (primary N) is 2. The van der Waals surface area contributed by atoms with Crippen molar-refractivity contribution in [2.24, 2.45) is 0 Å². The predicted molar refractivity (Wildman–Crippen MR) is 97.2 cm³/mol. The summed E-state index contributed by atoms with van der Waals surface area (Å²) in [6.07, 6.45) is 1.18. The number of rotatable bonds is 4. The molecule has 0 aromatic heterocycles. The molecule has 0 saturated carbocycles. The molecule has 0 saturated heterocycles. The molecule has 0 fully saturated rings. The highest BCUT2D eigenvalue weighted by atomic mass is 16.2. The van der Waals surface area contributed by atoms with Crippen molar-refractivity contribution in [1.29, 1.82) is 5.26 Å². The molecule has 2 aromatic carbocycles. The van der Waals surface area contributed by atoms with Crippen LogP contribution in [0.15, 0.2) is 60.3 Å². The van der Waals surface area contributed by atoms with Gasteiger partial charge in [0.2, 0.25) is 5.91 Å². The Morgan fingerprint density at radius 2 is 1.80 bits per heavy atom. The van der Waals surface area contributed by atoms with Crippen molar-refractivity contribution >= 4 is 34.6 Å². The van der Waals surface area contributed by atoms with Crippen molar-refractivity contribution < 1.29 is 9.59 Å². The van der Waals surface area contributed by atoms with Crippen molar-refractivity contribution in [1.82, 2.24) is 0 Å². The van der Waals surface area contributed by atoms with E-state index in [9.17, 15) is 14.9 Å². The van der Waals surface area contributed by atoms with E-state index in [1.165, 1.54) is 18.0 Å². The number of nitrogens with zero attached hydrogens (tertiary/aromatic N) is 2. The summed E-state index contributed by atoms with van der Waals surface area (Å²) in [5.74, 6) is -0.999. The summed E-state index contributed by atoms with van der Waals surface area (Å²) in [7, 11) is 0. The number of benzene rings is 2. The highest BCUT2D eigenvalue weighted by Crippen LogP contribution is 2.19. The smallest absolute Gasteiger partial charge is 0.267 e. The van der Waals surface area contributed by atoms with Gasteiger partial charge < -0.3 is 16.8 Å². The van der Waals surface area contributed by atoms with Crippen LogP contribution in [-0.4, -0.2) is 11.8 Å². The molecule has 0 radical (unpaired) electrons. The van der Waals surface area contributed by atoms with Crippen molar-refractivity contribution in [3.05, 3.63) is 60.3 Å². The van der Waals surface area contributed by atoms with Crippen LogP contribution < -0.4 is 21.7 Å². The maximum Gasteiger partial charge on any atom is 0.267 e. The Labute approximate surface area is 145 Å². The van der Waals surface area contributed by atoms with Crippen LogP contribution >= 0.6 is 0 Å². The molecule has 126 valence electrons. The van der Waals surface area contributed by atoms with Gasteiger partial charge in [-0.3, -0.25) is 14.5 Å². The molecule has 0 bridgehead atoms. The van der Waals surface area contributed by atoms with E-state index in [0.29, 0.717) is 22.7 Å². The summed E-state index contributed by atoms with van der Waals surface area (Å²) < 4.78 is 0. The Balaban J connectivity index is 2.29. The summed E-state index contributed by atoms with van der Waals surface area (Å²) in [6.45, 7) is 1.33. The van der Waals surface area contributed by atoms with Gasteiger partial charge in [-0.2, -0.15) is 5.26 Å². The van der Waals surface area contributed by atoms with Gasteiger partial charge in [-0.15, -0.1) is 0 Å². The van der Waals surface area contributed by atoms with Crippen LogP contribution in [0.25, 0.3) is 0 Å². The average molecular weight is 335 g/mol. The second kappa shape index (κ2) is 7.66. The Morgan fingerprint density at radius 3 is 2.36 bits per heavy atom. The van der Waals surface area contributed by atoms with E-state index in [-0.39, 0.29) is 11.5 Å². The van der Waals surface area contributed by atoms with Crippen molar-refractivity contribution in [3.8, 4) is 6.07 Å². The molecule has 2 rings (SSSR count). The molecular formula is C18H17N5O2. The standard InChI is InChI=1S/C18H17N5O2/c1-12(24)23(17-4-2-3-15(21)9-17)11-13(10-19)18(25)22-16-7-5-14(20)6-8-16/h2-9,11H,20-21H2,1H3,(H,22,25)/b13-11-. The zero-order chi connectivity index (χ0) is 18.4. The molecule has 0 aliphatic rings. The maximum atomic E-state index is 12.3. The van der Waals surface area contributed by atoms with Gasteiger partial charge >= 0.3 is 0 Å². The first-order valence-corrected chi connectivity index (χ1v) is 7.35. The van der Waals surface area contributed by atoms with Crippen LogP contribution in [0, 0.1) is 11.3 Å². The third-order valence-electron chi connectivity index (χ3n) is 3.28. The number of nitrogen functional groups attached to an aromatic ring is 2. The summed E-state index contributed by atoms with van der Waals surface area (Å²) in [4.78, 5) is 25.4. The molecule has 25 heavy (non-hydrogen) atoms. The molecule has 2 amide bonds. The molecule has 0 aliphatic heterocycles. The van der Waals surface area contributed by atoms with Crippen LogP contribution in [0.4, 0.5) is 22.7 Å². The molecule has 7 nitrogen and oxygen atoms in total. The second-order valence-electron chi connectivity index (χ2n) is 5.21. The molecule has 2 aromatic rings. The number of carbonyl (C=O) groups is 2. The second-order valence-corrected chi connectivity index (χ2v) is 5.21. The van der Waals surface area contributed by atoms with Gasteiger partial charge in [-0.1, -0.05) is 6.07 Å². The fourth-order valence-corrected chi connectivity index (χ4v) is 2.05. The lowest BCUT2D eigenvalue weighted by Crippen LogP contribution is -2.25. The number of nitriles is 1. The minimum absolute atomic E-state index is 0.227. The Bertz CT molecular complexity index is 866. The first-order valence-electron chi connectivity index (χ1n) is 7.35. The molecule has 0 spiro atoms. The quantitative estimate of drug-likeness (QED) is 0.449. The molecule has 0 unspecified atom stereocenters. The summed E-state index contributed by atoms with van der Waals surface area (Å²) in [5, 5.41) is 11.9. The van der Waals surface area contributed by atoms with Gasteiger partial charge in [-0.05, 0) is 42.5 Å². The van der Waals surface area contributed by atoms with Gasteiger partial charge in [0.05, 0.1) is 5.69 Å². The van der Waals surface area contributed by atoms with E-state index >= 15 is 0 Å². The number of carbonyl (C=O) groups excluding carboxylic acids is 2. The van der Waals surface area contributed by atoms with E-state index in [4.69, 9.17) is 11.5 Å². The number of amides is 2. The Morgan fingerprint density at radius 1 is 1.12 bits per heavy atom. The molecule has 7 heteroatoms. The summed E-state index contributed by atoms with van der Waals surface area (Å²) in [6, 6.07) is 14.9. The lowest BCUT2D eigenvalue weighted by molar-refractivity contribution is -0.116. The van der Waals surface area contributed by atoms with Crippen molar-refractivity contribution in [2.75, 3.05) is 21.7 Å². The monoisotopic (exact) mass is 335 g/mol. The zero-order valence-corrected chi connectivity index (χ0v) is 13.6. The minimum atomic E-state index is -0.637. The van der Waals surface area contributed by atoms with Gasteiger partial charge in [0.1, 0.15) is 11.6 Å². The van der Waals surface area contributed by atoms with E-state index in [2.05, 4.69) is 5.32 Å². The van der Waals surface area contributed by atoms with E-state index < -0.39 is 5.91 Å². The average Bonchev–Trinajstić information content (AvgIpc) is 2.57. The number of nitrogens with one attached hydrogen (secondary N) is 1. The van der Waals surface area contributed by atoms with Crippen LogP contribution in [0.2, 0.25) is 0 Å². The van der Waals surface area contributed by atoms with Gasteiger partial charge in [0.25, 0.3) is 5.91 Å². The van der Waals surface area contributed by atoms with E-state index in [1.807, 2.05) is 0 Å². The highest BCUT2D eigenvalue weighted by Gasteiger charge is 2.15. The highest BCUT2D eigenvalue weighted by molar-refractivity contribution is 6.08. The first kappa shape index (κ1) is 17.6. The molecule has 0 aliphatic carbocycles. The number of hydrogen-bond donors (Lipinski definition) is 3. The minimum Gasteiger partial charge on any atom is -0.399 e. The van der Waals surface area contributed by atoms with Crippen LogP contribution in [0.1, 0.15) is 6.92 Å². The van der Waals surface area contributed by atoms with Crippen molar-refractivity contribution in [3.63, 3.8) is 0 Å². The third-order valence-corrected chi connectivity index (χ3v) is 3.28. The van der Waals surface area contributed by atoms with E-state index in [0.717, 1.165) is 0 Å². The van der Waals surface area contributed by atoms with Gasteiger partial charge in [0, 0.05) is 30.2 Å². The summed E-state index contributed by atoms with van der Waals surface area (Å²) in [5.41, 5.74) is 13.0. The molecule has 5 N–H and O–H groups in total. The molecular weight excluding hydrogens is 318 g/mol. The normalized spacial score (nSPS) is 10.6. The molecule has 0 atom stereocenters. The predicted octanol–water partition coefficient (Wildman–Crippen LogP) is 2.25. The largest absolute Gasteiger partial charge is 0.399 e. The Kier molecular flexibility index (Phi) is 5.38. The third kappa shape index (κ3) is 4.59. The van der Waals surface area contributed by atoms with Crippen molar-refractivity contribution in [2.45, 2.75) is 6.92 Å². The number of hydrogen-bond acceptors (Lipinski definition) is 5. The SMILES string of the molecule is CC(=O)N(/C=C(/C#N)C(=O)Nc1ccc(N)cc1)c1cccc(N)c1. The van der Waals surface area contributed by atoms with Crippen LogP contribution in [-0.2, 0) is 9.59 Å². The Hall–Kier alpha value is -3.79. The lowest BCUT2D eigenvalue weighted by atomic mass is 10.2. The fraction of sp³-hybridized carbons (Fsp3) is 0.0556. The summed E-state index contributed by atoms with van der Waals surface area (Å²) >= 11 is 0. The molecule has 0 heterocycles. The van der Waals surface area contributed by atoms with Crippen LogP contribution in [0.3, 0.4) is 0 Å². The first-order chi connectivity index (χ1) is 11.9. The lowest BCUT2D eigenvalue weighted by Gasteiger charge is -2.17. The van der Waals surface area contributed by atoms with Gasteiger partial charge in [-0.25, -0.2) is 0 Å². The topological polar surface area (TPSA) is 125 Å². The number of anilines is 4.